The lowest BCUT2D eigenvalue weighted by Gasteiger charge is -2.31. The summed E-state index contributed by atoms with van der Waals surface area (Å²) in [4.78, 5) is 2.10. The average Bonchev–Trinajstić information content (AvgIpc) is 2.81. The second-order valence-corrected chi connectivity index (χ2v) is 4.36. The molecule has 2 rings (SSSR count). The van der Waals surface area contributed by atoms with Gasteiger partial charge in [0.2, 0.25) is 0 Å². The van der Waals surface area contributed by atoms with Crippen LogP contribution >= 0.6 is 0 Å². The predicted octanol–water partition coefficient (Wildman–Crippen LogP) is 1.02. The molecule has 1 saturated heterocycles. The second kappa shape index (κ2) is 5.38. The molecule has 94 valence electrons. The number of ether oxygens (including phenoxy) is 1. The summed E-state index contributed by atoms with van der Waals surface area (Å²) in [7, 11) is 1.64. The van der Waals surface area contributed by atoms with Crippen molar-refractivity contribution in [1.82, 2.24) is 0 Å². The molecule has 1 aliphatic rings. The molecular formula is C13H19NO3. The highest BCUT2D eigenvalue weighted by atomic mass is 16.5. The van der Waals surface area contributed by atoms with Gasteiger partial charge in [-0.2, -0.15) is 0 Å². The van der Waals surface area contributed by atoms with Crippen molar-refractivity contribution < 1.29 is 14.9 Å². The molecule has 0 spiro atoms. The van der Waals surface area contributed by atoms with E-state index in [0.29, 0.717) is 0 Å². The standard InChI is InChI=1S/C13H19NO3/c1-17-13-4-2-3-10(7-13)14-11(8-15)5-6-12(14)9-16/h2-4,7,11-12,15-16H,5-6,8-9H2,1H3. The molecule has 0 aliphatic carbocycles. The Balaban J connectivity index is 2.27. The number of anilines is 1. The first kappa shape index (κ1) is 12.2. The largest absolute Gasteiger partial charge is 0.497 e. The molecule has 0 aromatic heterocycles. The summed E-state index contributed by atoms with van der Waals surface area (Å²) < 4.78 is 5.20. The quantitative estimate of drug-likeness (QED) is 0.821. The number of aliphatic hydroxyl groups is 2. The van der Waals surface area contributed by atoms with Crippen LogP contribution in [-0.4, -0.2) is 42.6 Å². The third-order valence-electron chi connectivity index (χ3n) is 3.39. The molecule has 1 heterocycles. The molecule has 2 N–H and O–H groups in total. The van der Waals surface area contributed by atoms with E-state index in [1.54, 1.807) is 7.11 Å². The minimum atomic E-state index is 0.0965. The second-order valence-electron chi connectivity index (χ2n) is 4.36. The lowest BCUT2D eigenvalue weighted by atomic mass is 10.2. The summed E-state index contributed by atoms with van der Waals surface area (Å²) in [6.45, 7) is 0.238. The summed E-state index contributed by atoms with van der Waals surface area (Å²) in [6.07, 6.45) is 1.83. The predicted molar refractivity (Wildman–Crippen MR) is 66.5 cm³/mol. The fourth-order valence-corrected chi connectivity index (χ4v) is 2.51. The maximum atomic E-state index is 9.38. The van der Waals surface area contributed by atoms with Crippen LogP contribution < -0.4 is 9.64 Å². The Kier molecular flexibility index (Phi) is 3.86. The fraction of sp³-hybridized carbons (Fsp3) is 0.538. The molecule has 2 atom stereocenters. The number of aliphatic hydroxyl groups excluding tert-OH is 2. The van der Waals surface area contributed by atoms with Crippen molar-refractivity contribution in [2.24, 2.45) is 0 Å². The minimum absolute atomic E-state index is 0.0965. The third-order valence-corrected chi connectivity index (χ3v) is 3.39. The van der Waals surface area contributed by atoms with Crippen LogP contribution in [0.15, 0.2) is 24.3 Å². The lowest BCUT2D eigenvalue weighted by molar-refractivity contribution is 0.248. The van der Waals surface area contributed by atoms with Gasteiger partial charge in [-0.05, 0) is 25.0 Å². The van der Waals surface area contributed by atoms with E-state index in [1.165, 1.54) is 0 Å². The van der Waals surface area contributed by atoms with E-state index in [2.05, 4.69) is 4.90 Å². The van der Waals surface area contributed by atoms with Crippen molar-refractivity contribution >= 4 is 5.69 Å². The highest BCUT2D eigenvalue weighted by Gasteiger charge is 2.32. The summed E-state index contributed by atoms with van der Waals surface area (Å²) in [5.74, 6) is 0.794. The van der Waals surface area contributed by atoms with Crippen molar-refractivity contribution in [3.63, 3.8) is 0 Å². The zero-order chi connectivity index (χ0) is 12.3. The van der Waals surface area contributed by atoms with Crippen molar-refractivity contribution in [2.45, 2.75) is 24.9 Å². The Hall–Kier alpha value is -1.26. The molecule has 0 amide bonds. The molecular weight excluding hydrogens is 218 g/mol. The smallest absolute Gasteiger partial charge is 0.120 e. The number of benzene rings is 1. The Labute approximate surface area is 101 Å². The van der Waals surface area contributed by atoms with Gasteiger partial charge in [-0.15, -0.1) is 0 Å². The Morgan fingerprint density at radius 2 is 1.88 bits per heavy atom. The van der Waals surface area contributed by atoms with Gasteiger partial charge in [0.1, 0.15) is 5.75 Å². The highest BCUT2D eigenvalue weighted by molar-refractivity contribution is 5.53. The van der Waals surface area contributed by atoms with Crippen LogP contribution in [0.3, 0.4) is 0 Å². The number of rotatable bonds is 4. The Morgan fingerprint density at radius 1 is 1.24 bits per heavy atom. The maximum absolute atomic E-state index is 9.38. The van der Waals surface area contributed by atoms with Crippen molar-refractivity contribution in [3.8, 4) is 5.75 Å². The molecule has 0 saturated carbocycles. The van der Waals surface area contributed by atoms with Gasteiger partial charge in [-0.25, -0.2) is 0 Å². The van der Waals surface area contributed by atoms with Crippen LogP contribution in [-0.2, 0) is 0 Å². The summed E-state index contributed by atoms with van der Waals surface area (Å²) in [5, 5.41) is 18.8. The summed E-state index contributed by atoms with van der Waals surface area (Å²) in [5.41, 5.74) is 1.000. The third kappa shape index (κ3) is 2.37. The van der Waals surface area contributed by atoms with Crippen LogP contribution in [0.25, 0.3) is 0 Å². The molecule has 1 fully saturated rings. The van der Waals surface area contributed by atoms with Gasteiger partial charge in [0, 0.05) is 11.8 Å². The van der Waals surface area contributed by atoms with Gasteiger partial charge < -0.3 is 19.8 Å². The van der Waals surface area contributed by atoms with Crippen molar-refractivity contribution in [2.75, 3.05) is 25.2 Å². The van der Waals surface area contributed by atoms with Crippen LogP contribution in [0.5, 0.6) is 5.75 Å². The first-order valence-corrected chi connectivity index (χ1v) is 5.94. The van der Waals surface area contributed by atoms with E-state index < -0.39 is 0 Å². The normalized spacial score (nSPS) is 24.1. The molecule has 0 bridgehead atoms. The fourth-order valence-electron chi connectivity index (χ4n) is 2.51. The van der Waals surface area contributed by atoms with Gasteiger partial charge in [-0.1, -0.05) is 6.07 Å². The zero-order valence-electron chi connectivity index (χ0n) is 10.0. The molecule has 1 aromatic carbocycles. The SMILES string of the molecule is COc1cccc(N2C(CO)CCC2CO)c1. The maximum Gasteiger partial charge on any atom is 0.120 e. The number of hydrogen-bond donors (Lipinski definition) is 2. The number of nitrogens with zero attached hydrogens (tertiary/aromatic N) is 1. The van der Waals surface area contributed by atoms with Crippen LogP contribution in [0.4, 0.5) is 5.69 Å². The molecule has 4 nitrogen and oxygen atoms in total. The van der Waals surface area contributed by atoms with Gasteiger partial charge in [-0.3, -0.25) is 0 Å². The lowest BCUT2D eigenvalue weighted by Crippen LogP contribution is -2.40. The number of hydrogen-bond acceptors (Lipinski definition) is 4. The van der Waals surface area contributed by atoms with Gasteiger partial charge in [0.25, 0.3) is 0 Å². The van der Waals surface area contributed by atoms with E-state index in [0.717, 1.165) is 24.3 Å². The summed E-state index contributed by atoms with van der Waals surface area (Å²) in [6, 6.07) is 7.94. The van der Waals surface area contributed by atoms with E-state index in [4.69, 9.17) is 4.74 Å². The van der Waals surface area contributed by atoms with Gasteiger partial charge in [0.15, 0.2) is 0 Å². The molecule has 2 unspecified atom stereocenters. The first-order chi connectivity index (χ1) is 8.30. The Morgan fingerprint density at radius 3 is 2.41 bits per heavy atom. The van der Waals surface area contributed by atoms with E-state index in [9.17, 15) is 10.2 Å². The molecule has 1 aliphatic heterocycles. The van der Waals surface area contributed by atoms with E-state index in [-0.39, 0.29) is 25.3 Å². The van der Waals surface area contributed by atoms with Crippen molar-refractivity contribution in [3.05, 3.63) is 24.3 Å². The topological polar surface area (TPSA) is 52.9 Å². The molecule has 0 radical (unpaired) electrons. The van der Waals surface area contributed by atoms with Crippen LogP contribution in [0, 0.1) is 0 Å². The summed E-state index contributed by atoms with van der Waals surface area (Å²) >= 11 is 0. The van der Waals surface area contributed by atoms with Gasteiger partial charge in [0.05, 0.1) is 32.4 Å². The monoisotopic (exact) mass is 237 g/mol. The minimum Gasteiger partial charge on any atom is -0.497 e. The zero-order valence-corrected chi connectivity index (χ0v) is 10.0. The van der Waals surface area contributed by atoms with E-state index in [1.807, 2.05) is 24.3 Å². The van der Waals surface area contributed by atoms with Crippen LogP contribution in [0.1, 0.15) is 12.8 Å². The van der Waals surface area contributed by atoms with Crippen LogP contribution in [0.2, 0.25) is 0 Å². The molecule has 1 aromatic rings. The first-order valence-electron chi connectivity index (χ1n) is 5.94. The molecule has 4 heteroatoms. The number of methoxy groups -OCH3 is 1. The Bertz CT molecular complexity index is 357. The van der Waals surface area contributed by atoms with E-state index >= 15 is 0 Å². The van der Waals surface area contributed by atoms with Crippen molar-refractivity contribution in [1.29, 1.82) is 0 Å². The molecule has 17 heavy (non-hydrogen) atoms. The average molecular weight is 237 g/mol. The highest BCUT2D eigenvalue weighted by Crippen LogP contribution is 2.32. The van der Waals surface area contributed by atoms with Gasteiger partial charge >= 0.3 is 0 Å².